The Morgan fingerprint density at radius 2 is 1.82 bits per heavy atom. The van der Waals surface area contributed by atoms with Crippen molar-refractivity contribution in [1.82, 2.24) is 15.2 Å². The zero-order valence-electron chi connectivity index (χ0n) is 22.6. The molecule has 206 valence electrons. The minimum absolute atomic E-state index is 0.0200. The molecule has 5 rings (SSSR count). The van der Waals surface area contributed by atoms with E-state index in [0.29, 0.717) is 35.1 Å². The molecular formula is C30H39F3N4O. The van der Waals surface area contributed by atoms with Gasteiger partial charge < -0.3 is 15.5 Å². The van der Waals surface area contributed by atoms with Crippen LogP contribution in [0.5, 0.6) is 0 Å². The maximum atomic E-state index is 13.7. The normalized spacial score (nSPS) is 23.6. The summed E-state index contributed by atoms with van der Waals surface area (Å²) in [6.07, 6.45) is 6.30. The molecule has 1 aromatic carbocycles. The van der Waals surface area contributed by atoms with Gasteiger partial charge in [-0.25, -0.2) is 4.98 Å². The first-order chi connectivity index (χ1) is 18.2. The lowest BCUT2D eigenvalue weighted by atomic mass is 9.82. The van der Waals surface area contributed by atoms with E-state index in [4.69, 9.17) is 0 Å². The lowest BCUT2D eigenvalue weighted by Gasteiger charge is -2.47. The summed E-state index contributed by atoms with van der Waals surface area (Å²) in [6, 6.07) is 8.54. The van der Waals surface area contributed by atoms with E-state index in [9.17, 15) is 18.0 Å². The van der Waals surface area contributed by atoms with Crippen molar-refractivity contribution < 1.29 is 18.0 Å². The molecule has 2 aromatic rings. The van der Waals surface area contributed by atoms with Gasteiger partial charge in [0.05, 0.1) is 17.0 Å². The number of allylic oxidation sites excluding steroid dienone is 1. The molecule has 1 amide bonds. The lowest BCUT2D eigenvalue weighted by Crippen LogP contribution is -2.52. The number of alkyl halides is 3. The number of amides is 1. The number of rotatable bonds is 7. The number of carbonyl (C=O) groups excluding carboxylic acids is 1. The van der Waals surface area contributed by atoms with Crippen LogP contribution in [0.3, 0.4) is 0 Å². The molecule has 2 N–H and O–H groups in total. The number of piperidine rings is 2. The van der Waals surface area contributed by atoms with E-state index in [2.05, 4.69) is 34.1 Å². The molecule has 1 saturated carbocycles. The summed E-state index contributed by atoms with van der Waals surface area (Å²) >= 11 is 0. The Kier molecular flexibility index (Phi) is 8.81. The molecule has 5 nitrogen and oxygen atoms in total. The maximum absolute atomic E-state index is 13.7. The number of anilines is 1. The smallest absolute Gasteiger partial charge is 0.382 e. The number of fused-ring (bicyclic) bond motifs is 3. The summed E-state index contributed by atoms with van der Waals surface area (Å²) in [6.45, 7) is 7.64. The highest BCUT2D eigenvalue weighted by atomic mass is 19.4. The summed E-state index contributed by atoms with van der Waals surface area (Å²) in [7, 11) is 2.20. The van der Waals surface area contributed by atoms with Gasteiger partial charge >= 0.3 is 6.18 Å². The van der Waals surface area contributed by atoms with Crippen molar-refractivity contribution in [1.29, 1.82) is 0 Å². The molecular weight excluding hydrogens is 489 g/mol. The van der Waals surface area contributed by atoms with Gasteiger partial charge in [0.2, 0.25) is 5.91 Å². The fourth-order valence-electron chi connectivity index (χ4n) is 5.65. The molecule has 3 aliphatic rings. The molecule has 0 spiro atoms. The van der Waals surface area contributed by atoms with E-state index in [1.54, 1.807) is 24.3 Å². The molecule has 2 saturated heterocycles. The quantitative estimate of drug-likeness (QED) is 0.415. The van der Waals surface area contributed by atoms with Crippen molar-refractivity contribution in [2.24, 2.45) is 5.92 Å². The molecule has 2 aliphatic heterocycles. The molecule has 2 unspecified atom stereocenters. The van der Waals surface area contributed by atoms with Crippen molar-refractivity contribution in [2.45, 2.75) is 83.1 Å². The summed E-state index contributed by atoms with van der Waals surface area (Å²) in [5, 5.41) is 7.61. The second-order valence-corrected chi connectivity index (χ2v) is 10.4. The van der Waals surface area contributed by atoms with Gasteiger partial charge in [0.1, 0.15) is 0 Å². The van der Waals surface area contributed by atoms with Gasteiger partial charge in [0.15, 0.2) is 0 Å². The van der Waals surface area contributed by atoms with Crippen molar-refractivity contribution in [3.8, 4) is 0 Å². The Hall–Kier alpha value is -2.87. The second-order valence-electron chi connectivity index (χ2n) is 10.4. The van der Waals surface area contributed by atoms with E-state index in [1.165, 1.54) is 19.3 Å². The first-order valence-electron chi connectivity index (χ1n) is 13.8. The van der Waals surface area contributed by atoms with E-state index >= 15 is 0 Å². The fraction of sp³-hybridized carbons (Fsp3) is 0.533. The maximum Gasteiger partial charge on any atom is 0.417 e. The molecule has 1 aliphatic carbocycles. The van der Waals surface area contributed by atoms with Crippen molar-refractivity contribution >= 4 is 34.0 Å². The Morgan fingerprint density at radius 1 is 1.13 bits per heavy atom. The highest BCUT2D eigenvalue weighted by Gasteiger charge is 2.37. The van der Waals surface area contributed by atoms with Crippen molar-refractivity contribution in [3.63, 3.8) is 0 Å². The number of nitrogens with zero attached hydrogens (tertiary/aromatic N) is 2. The third kappa shape index (κ3) is 6.40. The topological polar surface area (TPSA) is 57.3 Å². The molecule has 2 atom stereocenters. The number of aromatic nitrogens is 1. The fourth-order valence-corrected chi connectivity index (χ4v) is 5.65. The van der Waals surface area contributed by atoms with Gasteiger partial charge in [-0.05, 0) is 63.8 Å². The third-order valence-electron chi connectivity index (χ3n) is 7.85. The second kappa shape index (κ2) is 11.9. The van der Waals surface area contributed by atoms with Gasteiger partial charge in [-0.1, -0.05) is 45.1 Å². The monoisotopic (exact) mass is 528 g/mol. The predicted octanol–water partition coefficient (Wildman–Crippen LogP) is 6.80. The number of hydrogen-bond donors (Lipinski definition) is 2. The predicted molar refractivity (Wildman–Crippen MR) is 149 cm³/mol. The zero-order chi connectivity index (χ0) is 27.4. The van der Waals surface area contributed by atoms with Crippen molar-refractivity contribution in [2.75, 3.05) is 18.9 Å². The van der Waals surface area contributed by atoms with Gasteiger partial charge in [0, 0.05) is 47.0 Å². The van der Waals surface area contributed by atoms with Gasteiger partial charge in [0.25, 0.3) is 0 Å². The first-order valence-corrected chi connectivity index (χ1v) is 13.8. The minimum atomic E-state index is -4.59. The molecule has 2 bridgehead atoms. The van der Waals surface area contributed by atoms with Crippen LogP contribution >= 0.6 is 0 Å². The van der Waals surface area contributed by atoms with Gasteiger partial charge in [-0.3, -0.25) is 4.79 Å². The number of hydrogen-bond acceptors (Lipinski definition) is 4. The van der Waals surface area contributed by atoms with Gasteiger partial charge in [-0.15, -0.1) is 0 Å². The van der Waals surface area contributed by atoms with Crippen LogP contribution in [0.25, 0.3) is 22.4 Å². The summed E-state index contributed by atoms with van der Waals surface area (Å²) in [4.78, 5) is 18.7. The molecule has 3 fully saturated rings. The van der Waals surface area contributed by atoms with E-state index < -0.39 is 11.7 Å². The largest absolute Gasteiger partial charge is 0.417 e. The van der Waals surface area contributed by atoms with Gasteiger partial charge in [-0.2, -0.15) is 13.2 Å². The SMILES string of the molecule is C=C(c1nc(/C=C/CNC(=O)C2CC2)cc2c(NC3CC4CCCC(C3)N4C)cccc12)C(F)(F)F.CC. The number of pyridine rings is 1. The Balaban J connectivity index is 0.00000164. The number of nitrogens with one attached hydrogen (secondary N) is 2. The van der Waals surface area contributed by atoms with E-state index in [1.807, 2.05) is 26.0 Å². The third-order valence-corrected chi connectivity index (χ3v) is 7.85. The van der Waals surface area contributed by atoms with Crippen LogP contribution in [-0.2, 0) is 4.79 Å². The molecule has 3 heterocycles. The van der Waals surface area contributed by atoms with Crippen LogP contribution in [0, 0.1) is 5.92 Å². The summed E-state index contributed by atoms with van der Waals surface area (Å²) in [5.41, 5.74) is 0.0924. The number of benzene rings is 1. The van der Waals surface area contributed by atoms with Crippen LogP contribution in [0.15, 0.2) is 36.9 Å². The van der Waals surface area contributed by atoms with Crippen LogP contribution in [0.1, 0.15) is 70.2 Å². The number of halogens is 3. The Bertz CT molecular complexity index is 1170. The summed E-state index contributed by atoms with van der Waals surface area (Å²) in [5.74, 6) is 0.123. The van der Waals surface area contributed by atoms with Crippen molar-refractivity contribution in [3.05, 3.63) is 48.3 Å². The van der Waals surface area contributed by atoms with E-state index in [-0.39, 0.29) is 23.6 Å². The van der Waals surface area contributed by atoms with E-state index in [0.717, 1.165) is 31.4 Å². The summed E-state index contributed by atoms with van der Waals surface area (Å²) < 4.78 is 41.1. The standard InChI is InChI=1S/C28H33F3N4O.C2H6/c1-17(28(29,30)31)26-23-9-4-10-25(33-20-14-21-7-3-8-22(15-20)35(21)2)24(23)16-19(34-26)6-5-13-32-27(36)18-11-12-18;1-2/h4-6,9-10,16,18,20-22,33H,1,3,7-8,11-15H2,2H3,(H,32,36);1-2H3/b6-5+;. The average Bonchev–Trinajstić information content (AvgIpc) is 3.73. The first kappa shape index (κ1) is 28.1. The highest BCUT2D eigenvalue weighted by Crippen LogP contribution is 2.39. The average molecular weight is 529 g/mol. The molecule has 38 heavy (non-hydrogen) atoms. The zero-order valence-corrected chi connectivity index (χ0v) is 22.6. The Morgan fingerprint density at radius 3 is 2.45 bits per heavy atom. The Labute approximate surface area is 223 Å². The van der Waals surface area contributed by atoms with Crippen LogP contribution < -0.4 is 10.6 Å². The lowest BCUT2D eigenvalue weighted by molar-refractivity contribution is -0.122. The molecule has 8 heteroatoms. The molecule has 0 radical (unpaired) electrons. The molecule has 1 aromatic heterocycles. The van der Waals surface area contributed by atoms with Crippen LogP contribution in [0.2, 0.25) is 0 Å². The minimum Gasteiger partial charge on any atom is -0.382 e. The van der Waals surface area contributed by atoms with Crippen LogP contribution in [-0.4, -0.2) is 53.7 Å². The highest BCUT2D eigenvalue weighted by molar-refractivity contribution is 6.00. The van der Waals surface area contributed by atoms with Crippen LogP contribution in [0.4, 0.5) is 18.9 Å². The number of carbonyl (C=O) groups is 1.